The zero-order valence-electron chi connectivity index (χ0n) is 16.9. The van der Waals surface area contributed by atoms with Gasteiger partial charge in [0.25, 0.3) is 0 Å². The standard InChI is InChI=1S/C19H32FN3O3S/c1-6-15(26-17-10-8-7-9-16(17)20)13-22-18(21-4)23-14-19(2,3)11-12-27(5,24)25/h7-10,15H,6,11-14H2,1-5H3,(H2,21,22,23). The number of guanidine groups is 1. The summed E-state index contributed by atoms with van der Waals surface area (Å²) in [4.78, 5) is 4.18. The molecular formula is C19H32FN3O3S. The summed E-state index contributed by atoms with van der Waals surface area (Å²) in [5.74, 6) is 0.599. The van der Waals surface area contributed by atoms with Gasteiger partial charge in [0.05, 0.1) is 12.3 Å². The van der Waals surface area contributed by atoms with Crippen LogP contribution >= 0.6 is 0 Å². The van der Waals surface area contributed by atoms with Gasteiger partial charge in [-0.15, -0.1) is 0 Å². The summed E-state index contributed by atoms with van der Waals surface area (Å²) in [5.41, 5.74) is -0.200. The van der Waals surface area contributed by atoms with E-state index < -0.39 is 9.84 Å². The molecule has 6 nitrogen and oxygen atoms in total. The lowest BCUT2D eigenvalue weighted by molar-refractivity contribution is 0.191. The van der Waals surface area contributed by atoms with E-state index in [-0.39, 0.29) is 28.8 Å². The lowest BCUT2D eigenvalue weighted by Gasteiger charge is -2.26. The normalized spacial score (nSPS) is 13.9. The van der Waals surface area contributed by atoms with Gasteiger partial charge >= 0.3 is 0 Å². The first kappa shape index (κ1) is 23.2. The summed E-state index contributed by atoms with van der Waals surface area (Å²) < 4.78 is 42.2. The minimum absolute atomic E-state index is 0.155. The van der Waals surface area contributed by atoms with Crippen LogP contribution in [0.5, 0.6) is 5.75 Å². The van der Waals surface area contributed by atoms with Crippen LogP contribution in [0, 0.1) is 11.2 Å². The second-order valence-corrected chi connectivity index (χ2v) is 9.69. The second-order valence-electron chi connectivity index (χ2n) is 7.43. The average Bonchev–Trinajstić information content (AvgIpc) is 2.60. The van der Waals surface area contributed by atoms with E-state index in [9.17, 15) is 12.8 Å². The Morgan fingerprint density at radius 3 is 2.52 bits per heavy atom. The fourth-order valence-electron chi connectivity index (χ4n) is 2.29. The van der Waals surface area contributed by atoms with Gasteiger partial charge in [-0.2, -0.15) is 0 Å². The first-order valence-electron chi connectivity index (χ1n) is 9.10. The van der Waals surface area contributed by atoms with Gasteiger partial charge in [-0.25, -0.2) is 12.8 Å². The molecule has 0 aliphatic rings. The largest absolute Gasteiger partial charge is 0.486 e. The first-order valence-corrected chi connectivity index (χ1v) is 11.2. The molecule has 8 heteroatoms. The summed E-state index contributed by atoms with van der Waals surface area (Å²) in [6.07, 6.45) is 2.30. The SMILES string of the molecule is CCC(CNC(=NC)NCC(C)(C)CCS(C)(=O)=O)Oc1ccccc1F. The van der Waals surface area contributed by atoms with E-state index in [4.69, 9.17) is 4.74 Å². The molecule has 0 spiro atoms. The fourth-order valence-corrected chi connectivity index (χ4v) is 3.22. The molecule has 27 heavy (non-hydrogen) atoms. The van der Waals surface area contributed by atoms with Crippen LogP contribution in [0.2, 0.25) is 0 Å². The lowest BCUT2D eigenvalue weighted by Crippen LogP contribution is -2.45. The molecule has 154 valence electrons. The van der Waals surface area contributed by atoms with Gasteiger partial charge in [-0.05, 0) is 30.4 Å². The Balaban J connectivity index is 2.51. The van der Waals surface area contributed by atoms with Crippen LogP contribution in [0.3, 0.4) is 0 Å². The molecule has 1 aromatic rings. The zero-order valence-corrected chi connectivity index (χ0v) is 17.7. The summed E-state index contributed by atoms with van der Waals surface area (Å²) >= 11 is 0. The third-order valence-electron chi connectivity index (χ3n) is 4.19. The Morgan fingerprint density at radius 2 is 1.96 bits per heavy atom. The molecule has 1 atom stereocenters. The maximum absolute atomic E-state index is 13.7. The highest BCUT2D eigenvalue weighted by molar-refractivity contribution is 7.90. The highest BCUT2D eigenvalue weighted by Crippen LogP contribution is 2.20. The summed E-state index contributed by atoms with van der Waals surface area (Å²) in [5, 5.41) is 6.39. The van der Waals surface area contributed by atoms with Crippen LogP contribution in [0.1, 0.15) is 33.6 Å². The van der Waals surface area contributed by atoms with E-state index in [1.54, 1.807) is 25.2 Å². The van der Waals surface area contributed by atoms with Crippen LogP contribution in [0.4, 0.5) is 4.39 Å². The van der Waals surface area contributed by atoms with Gasteiger partial charge in [0.1, 0.15) is 15.9 Å². The summed E-state index contributed by atoms with van der Waals surface area (Å²) in [6, 6.07) is 6.33. The van der Waals surface area contributed by atoms with Crippen LogP contribution in [0.15, 0.2) is 29.3 Å². The number of hydrogen-bond donors (Lipinski definition) is 2. The van der Waals surface area contributed by atoms with Crippen molar-refractivity contribution in [2.75, 3.05) is 32.1 Å². The zero-order chi connectivity index (χ0) is 20.5. The smallest absolute Gasteiger partial charge is 0.191 e. The van der Waals surface area contributed by atoms with E-state index in [0.717, 1.165) is 0 Å². The number of rotatable bonds is 10. The van der Waals surface area contributed by atoms with E-state index in [2.05, 4.69) is 15.6 Å². The second kappa shape index (κ2) is 10.5. The van der Waals surface area contributed by atoms with Crippen molar-refractivity contribution in [1.29, 1.82) is 0 Å². The predicted octanol–water partition coefficient (Wildman–Crippen LogP) is 2.61. The number of hydrogen-bond acceptors (Lipinski definition) is 4. The highest BCUT2D eigenvalue weighted by atomic mass is 32.2. The molecule has 0 saturated carbocycles. The molecule has 0 aliphatic carbocycles. The minimum Gasteiger partial charge on any atom is -0.486 e. The maximum Gasteiger partial charge on any atom is 0.191 e. The van der Waals surface area contributed by atoms with Gasteiger partial charge in [-0.1, -0.05) is 32.9 Å². The number of nitrogens with zero attached hydrogens (tertiary/aromatic N) is 1. The van der Waals surface area contributed by atoms with Crippen LogP contribution in [-0.2, 0) is 9.84 Å². The molecule has 0 radical (unpaired) electrons. The Kier molecular flexibility index (Phi) is 9.02. The van der Waals surface area contributed by atoms with Crippen LogP contribution < -0.4 is 15.4 Å². The van der Waals surface area contributed by atoms with Gasteiger partial charge in [0, 0.05) is 19.8 Å². The van der Waals surface area contributed by atoms with Crippen molar-refractivity contribution in [3.05, 3.63) is 30.1 Å². The lowest BCUT2D eigenvalue weighted by atomic mass is 9.90. The predicted molar refractivity (Wildman–Crippen MR) is 109 cm³/mol. The van der Waals surface area contributed by atoms with Gasteiger partial charge in [0.15, 0.2) is 17.5 Å². The van der Waals surface area contributed by atoms with Crippen molar-refractivity contribution in [3.63, 3.8) is 0 Å². The molecule has 1 aromatic carbocycles. The Morgan fingerprint density at radius 1 is 1.30 bits per heavy atom. The monoisotopic (exact) mass is 401 g/mol. The number of sulfone groups is 1. The summed E-state index contributed by atoms with van der Waals surface area (Å²) in [6.45, 7) is 7.03. The van der Waals surface area contributed by atoms with Crippen molar-refractivity contribution in [2.45, 2.75) is 39.7 Å². The number of halogens is 1. The molecule has 0 saturated heterocycles. The number of ether oxygens (including phenoxy) is 1. The van der Waals surface area contributed by atoms with Crippen molar-refractivity contribution < 1.29 is 17.5 Å². The van der Waals surface area contributed by atoms with E-state index in [0.29, 0.717) is 31.9 Å². The number of aliphatic imine (C=N–C) groups is 1. The molecule has 1 unspecified atom stereocenters. The molecule has 0 aromatic heterocycles. The van der Waals surface area contributed by atoms with Crippen molar-refractivity contribution in [3.8, 4) is 5.75 Å². The molecule has 0 bridgehead atoms. The Labute approximate surface area is 162 Å². The van der Waals surface area contributed by atoms with E-state index in [1.165, 1.54) is 12.3 Å². The van der Waals surface area contributed by atoms with E-state index in [1.807, 2.05) is 20.8 Å². The molecular weight excluding hydrogens is 369 g/mol. The molecule has 1 rings (SSSR count). The van der Waals surface area contributed by atoms with Crippen LogP contribution in [0.25, 0.3) is 0 Å². The van der Waals surface area contributed by atoms with Gasteiger partial charge in [-0.3, -0.25) is 4.99 Å². The van der Waals surface area contributed by atoms with Crippen molar-refractivity contribution in [1.82, 2.24) is 10.6 Å². The average molecular weight is 402 g/mol. The van der Waals surface area contributed by atoms with Crippen LogP contribution in [-0.4, -0.2) is 52.6 Å². The van der Waals surface area contributed by atoms with E-state index >= 15 is 0 Å². The molecule has 2 N–H and O–H groups in total. The molecule has 0 amide bonds. The highest BCUT2D eigenvalue weighted by Gasteiger charge is 2.21. The quantitative estimate of drug-likeness (QED) is 0.465. The van der Waals surface area contributed by atoms with Crippen molar-refractivity contribution >= 4 is 15.8 Å². The molecule has 0 aliphatic heterocycles. The third-order valence-corrected chi connectivity index (χ3v) is 5.14. The number of para-hydroxylation sites is 1. The Bertz CT molecular complexity index is 721. The minimum atomic E-state index is -2.98. The van der Waals surface area contributed by atoms with Crippen molar-refractivity contribution in [2.24, 2.45) is 10.4 Å². The first-order chi connectivity index (χ1) is 12.6. The topological polar surface area (TPSA) is 79.8 Å². The van der Waals surface area contributed by atoms with Gasteiger partial charge in [0.2, 0.25) is 0 Å². The molecule has 0 heterocycles. The third kappa shape index (κ3) is 9.60. The fraction of sp³-hybridized carbons (Fsp3) is 0.632. The summed E-state index contributed by atoms with van der Waals surface area (Å²) in [7, 11) is -1.32. The van der Waals surface area contributed by atoms with Gasteiger partial charge < -0.3 is 15.4 Å². The Hall–Kier alpha value is -1.83. The molecule has 0 fully saturated rings. The maximum atomic E-state index is 13.7. The number of benzene rings is 1. The number of nitrogens with one attached hydrogen (secondary N) is 2.